The van der Waals surface area contributed by atoms with E-state index in [9.17, 15) is 0 Å². The Balaban J connectivity index is 1.97. The maximum atomic E-state index is 5.80. The summed E-state index contributed by atoms with van der Waals surface area (Å²) in [6.07, 6.45) is 1.46. The first-order valence-electron chi connectivity index (χ1n) is 4.56. The molecule has 2 N–H and O–H groups in total. The van der Waals surface area contributed by atoms with E-state index in [1.54, 1.807) is 0 Å². The molecule has 0 aliphatic carbocycles. The molecule has 1 saturated heterocycles. The molecule has 0 saturated carbocycles. The van der Waals surface area contributed by atoms with Crippen molar-refractivity contribution in [2.75, 3.05) is 13.1 Å². The molecule has 1 heterocycles. The lowest BCUT2D eigenvalue weighted by Crippen LogP contribution is -2.33. The largest absolute Gasteiger partial charge is 0.300 e. The minimum Gasteiger partial charge on any atom is -0.300 e. The summed E-state index contributed by atoms with van der Waals surface area (Å²) in [5, 5.41) is 7.55. The van der Waals surface area contributed by atoms with Gasteiger partial charge in [0.1, 0.15) is 0 Å². The minimum atomic E-state index is 0.432. The maximum absolute atomic E-state index is 5.80. The number of halogens is 1. The lowest BCUT2D eigenvalue weighted by atomic mass is 10.1. The second-order valence-corrected chi connectivity index (χ2v) is 3.73. The molecule has 2 nitrogen and oxygen atoms in total. The van der Waals surface area contributed by atoms with Crippen LogP contribution in [0.4, 0.5) is 0 Å². The zero-order valence-electron chi connectivity index (χ0n) is 7.39. The Labute approximate surface area is 83.3 Å². The van der Waals surface area contributed by atoms with E-state index in [1.807, 2.05) is 12.1 Å². The van der Waals surface area contributed by atoms with Gasteiger partial charge in [-0.15, -0.1) is 0 Å². The quantitative estimate of drug-likeness (QED) is 0.748. The highest BCUT2D eigenvalue weighted by molar-refractivity contribution is 6.30. The SMILES string of the molecule is Clc1ccc(CC2NCCN2)cc1. The van der Waals surface area contributed by atoms with Crippen LogP contribution in [-0.4, -0.2) is 19.3 Å². The third kappa shape index (κ3) is 2.44. The normalized spacial score (nSPS) is 17.9. The van der Waals surface area contributed by atoms with Gasteiger partial charge >= 0.3 is 0 Å². The van der Waals surface area contributed by atoms with Crippen LogP contribution in [0.5, 0.6) is 0 Å². The highest BCUT2D eigenvalue weighted by atomic mass is 35.5. The standard InChI is InChI=1S/C10H13ClN2/c11-9-3-1-8(2-4-9)7-10-12-5-6-13-10/h1-4,10,12-13H,5-7H2. The van der Waals surface area contributed by atoms with Crippen LogP contribution in [0.25, 0.3) is 0 Å². The van der Waals surface area contributed by atoms with Crippen LogP contribution < -0.4 is 10.6 Å². The molecule has 0 atom stereocenters. The van der Waals surface area contributed by atoms with Crippen LogP contribution in [0.2, 0.25) is 5.02 Å². The average molecular weight is 197 g/mol. The molecular formula is C10H13ClN2. The minimum absolute atomic E-state index is 0.432. The van der Waals surface area contributed by atoms with Crippen molar-refractivity contribution >= 4 is 11.6 Å². The van der Waals surface area contributed by atoms with Crippen molar-refractivity contribution in [3.05, 3.63) is 34.9 Å². The van der Waals surface area contributed by atoms with Crippen molar-refractivity contribution < 1.29 is 0 Å². The first-order valence-corrected chi connectivity index (χ1v) is 4.93. The summed E-state index contributed by atoms with van der Waals surface area (Å²) in [7, 11) is 0. The Morgan fingerprint density at radius 1 is 1.15 bits per heavy atom. The van der Waals surface area contributed by atoms with Gasteiger partial charge in [0.05, 0.1) is 6.17 Å². The Kier molecular flexibility index (Phi) is 2.83. The molecule has 0 aromatic heterocycles. The first kappa shape index (κ1) is 9.00. The zero-order chi connectivity index (χ0) is 9.10. The van der Waals surface area contributed by atoms with E-state index in [4.69, 9.17) is 11.6 Å². The predicted molar refractivity (Wildman–Crippen MR) is 54.9 cm³/mol. The van der Waals surface area contributed by atoms with E-state index in [0.717, 1.165) is 24.5 Å². The van der Waals surface area contributed by atoms with Crippen molar-refractivity contribution in [3.63, 3.8) is 0 Å². The van der Waals surface area contributed by atoms with E-state index in [2.05, 4.69) is 22.8 Å². The van der Waals surface area contributed by atoms with Gasteiger partial charge in [0.25, 0.3) is 0 Å². The fourth-order valence-corrected chi connectivity index (χ4v) is 1.69. The molecule has 13 heavy (non-hydrogen) atoms. The smallest absolute Gasteiger partial charge is 0.0614 e. The van der Waals surface area contributed by atoms with Crippen LogP contribution in [0.1, 0.15) is 5.56 Å². The van der Waals surface area contributed by atoms with Gasteiger partial charge in [-0.25, -0.2) is 0 Å². The Morgan fingerprint density at radius 3 is 2.38 bits per heavy atom. The molecule has 70 valence electrons. The molecule has 0 amide bonds. The predicted octanol–water partition coefficient (Wildman–Crippen LogP) is 1.40. The number of hydrogen-bond acceptors (Lipinski definition) is 2. The topological polar surface area (TPSA) is 24.1 Å². The molecular weight excluding hydrogens is 184 g/mol. The monoisotopic (exact) mass is 196 g/mol. The Hall–Kier alpha value is -0.570. The molecule has 0 bridgehead atoms. The molecule has 1 aliphatic rings. The Bertz CT molecular complexity index is 265. The van der Waals surface area contributed by atoms with Gasteiger partial charge in [0, 0.05) is 24.5 Å². The molecule has 3 heteroatoms. The lowest BCUT2D eigenvalue weighted by Gasteiger charge is -2.10. The molecule has 1 aliphatic heterocycles. The maximum Gasteiger partial charge on any atom is 0.0614 e. The van der Waals surface area contributed by atoms with Crippen LogP contribution >= 0.6 is 11.6 Å². The van der Waals surface area contributed by atoms with Crippen molar-refractivity contribution in [1.29, 1.82) is 0 Å². The summed E-state index contributed by atoms with van der Waals surface area (Å²) >= 11 is 5.80. The molecule has 0 spiro atoms. The summed E-state index contributed by atoms with van der Waals surface area (Å²) in [5.74, 6) is 0. The van der Waals surface area contributed by atoms with Crippen LogP contribution in [0, 0.1) is 0 Å². The summed E-state index contributed by atoms with van der Waals surface area (Å²) in [6.45, 7) is 2.14. The Morgan fingerprint density at radius 2 is 1.77 bits per heavy atom. The number of benzene rings is 1. The fraction of sp³-hybridized carbons (Fsp3) is 0.400. The van der Waals surface area contributed by atoms with Gasteiger partial charge in [0.15, 0.2) is 0 Å². The van der Waals surface area contributed by atoms with E-state index in [1.165, 1.54) is 5.56 Å². The second-order valence-electron chi connectivity index (χ2n) is 3.29. The van der Waals surface area contributed by atoms with Crippen molar-refractivity contribution in [2.24, 2.45) is 0 Å². The van der Waals surface area contributed by atoms with Gasteiger partial charge in [-0.05, 0) is 17.7 Å². The summed E-state index contributed by atoms with van der Waals surface area (Å²) in [4.78, 5) is 0. The molecule has 0 unspecified atom stereocenters. The zero-order valence-corrected chi connectivity index (χ0v) is 8.14. The van der Waals surface area contributed by atoms with Gasteiger partial charge in [-0.3, -0.25) is 0 Å². The molecule has 2 rings (SSSR count). The van der Waals surface area contributed by atoms with Crippen LogP contribution in [0.3, 0.4) is 0 Å². The summed E-state index contributed by atoms with van der Waals surface area (Å²) in [6, 6.07) is 8.02. The van der Waals surface area contributed by atoms with Gasteiger partial charge in [-0.2, -0.15) is 0 Å². The van der Waals surface area contributed by atoms with Crippen molar-refractivity contribution in [3.8, 4) is 0 Å². The molecule has 1 fully saturated rings. The third-order valence-corrected chi connectivity index (χ3v) is 2.51. The molecule has 0 radical (unpaired) electrons. The van der Waals surface area contributed by atoms with E-state index < -0.39 is 0 Å². The lowest BCUT2D eigenvalue weighted by molar-refractivity contribution is 0.551. The highest BCUT2D eigenvalue weighted by Gasteiger charge is 2.12. The first-order chi connectivity index (χ1) is 6.34. The van der Waals surface area contributed by atoms with Crippen molar-refractivity contribution in [1.82, 2.24) is 10.6 Å². The number of rotatable bonds is 2. The fourth-order valence-electron chi connectivity index (χ4n) is 1.57. The second kappa shape index (κ2) is 4.09. The molecule has 1 aromatic rings. The average Bonchev–Trinajstić information content (AvgIpc) is 2.62. The number of nitrogens with one attached hydrogen (secondary N) is 2. The number of hydrogen-bond donors (Lipinski definition) is 2. The van der Waals surface area contributed by atoms with Gasteiger partial charge in [0.2, 0.25) is 0 Å². The van der Waals surface area contributed by atoms with Crippen molar-refractivity contribution in [2.45, 2.75) is 12.6 Å². The van der Waals surface area contributed by atoms with Crippen LogP contribution in [0.15, 0.2) is 24.3 Å². The van der Waals surface area contributed by atoms with Crippen LogP contribution in [-0.2, 0) is 6.42 Å². The van der Waals surface area contributed by atoms with Gasteiger partial charge in [-0.1, -0.05) is 23.7 Å². The summed E-state index contributed by atoms with van der Waals surface area (Å²) in [5.41, 5.74) is 1.32. The highest BCUT2D eigenvalue weighted by Crippen LogP contribution is 2.10. The molecule has 1 aromatic carbocycles. The van der Waals surface area contributed by atoms with Gasteiger partial charge < -0.3 is 10.6 Å². The van der Waals surface area contributed by atoms with E-state index in [-0.39, 0.29) is 0 Å². The van der Waals surface area contributed by atoms with E-state index in [0.29, 0.717) is 6.17 Å². The summed E-state index contributed by atoms with van der Waals surface area (Å²) < 4.78 is 0. The van der Waals surface area contributed by atoms with E-state index >= 15 is 0 Å². The third-order valence-electron chi connectivity index (χ3n) is 2.26.